The molecule has 0 unspecified atom stereocenters. The molecular formula is C14H20FNO. The van der Waals surface area contributed by atoms with Gasteiger partial charge in [0.15, 0.2) is 0 Å². The Bertz CT molecular complexity index is 376. The van der Waals surface area contributed by atoms with E-state index in [4.69, 9.17) is 4.74 Å². The van der Waals surface area contributed by atoms with E-state index in [1.807, 2.05) is 0 Å². The van der Waals surface area contributed by atoms with Gasteiger partial charge in [0.05, 0.1) is 0 Å². The third kappa shape index (κ3) is 2.97. The molecule has 1 aliphatic carbocycles. The predicted molar refractivity (Wildman–Crippen MR) is 66.8 cm³/mol. The van der Waals surface area contributed by atoms with Crippen molar-refractivity contribution < 1.29 is 9.13 Å². The van der Waals surface area contributed by atoms with Crippen molar-refractivity contribution in [3.63, 3.8) is 0 Å². The standard InChI is InChI=1S/C14H20FNO/c1-14(7-4-8-14)16(2)9-10-17-13-6-3-5-12(15)11-13/h3,5-6,11H,4,7-10H2,1-2H3. The van der Waals surface area contributed by atoms with Gasteiger partial charge in [-0.05, 0) is 45.4 Å². The molecule has 0 atom stereocenters. The van der Waals surface area contributed by atoms with E-state index in [2.05, 4.69) is 18.9 Å². The van der Waals surface area contributed by atoms with E-state index in [1.165, 1.54) is 31.4 Å². The maximum Gasteiger partial charge on any atom is 0.126 e. The van der Waals surface area contributed by atoms with Crippen molar-refractivity contribution in [1.29, 1.82) is 0 Å². The van der Waals surface area contributed by atoms with Crippen molar-refractivity contribution in [3.8, 4) is 5.75 Å². The number of benzene rings is 1. The molecule has 3 heteroatoms. The minimum Gasteiger partial charge on any atom is -0.492 e. The molecule has 0 saturated heterocycles. The van der Waals surface area contributed by atoms with Gasteiger partial charge in [-0.3, -0.25) is 4.90 Å². The van der Waals surface area contributed by atoms with Crippen LogP contribution >= 0.6 is 0 Å². The Labute approximate surface area is 102 Å². The van der Waals surface area contributed by atoms with Gasteiger partial charge in [0.25, 0.3) is 0 Å². The molecule has 0 aliphatic heterocycles. The summed E-state index contributed by atoms with van der Waals surface area (Å²) >= 11 is 0. The van der Waals surface area contributed by atoms with Crippen molar-refractivity contribution in [2.45, 2.75) is 31.7 Å². The first-order valence-electron chi connectivity index (χ1n) is 6.20. The highest BCUT2D eigenvalue weighted by molar-refractivity contribution is 5.22. The lowest BCUT2D eigenvalue weighted by atomic mass is 9.77. The van der Waals surface area contributed by atoms with Crippen molar-refractivity contribution in [3.05, 3.63) is 30.1 Å². The fourth-order valence-electron chi connectivity index (χ4n) is 2.20. The average molecular weight is 237 g/mol. The van der Waals surface area contributed by atoms with E-state index in [0.717, 1.165) is 6.54 Å². The molecule has 0 heterocycles. The molecule has 1 fully saturated rings. The van der Waals surface area contributed by atoms with Gasteiger partial charge in [0, 0.05) is 18.2 Å². The summed E-state index contributed by atoms with van der Waals surface area (Å²) in [6, 6.07) is 6.30. The highest BCUT2D eigenvalue weighted by Crippen LogP contribution is 2.35. The van der Waals surface area contributed by atoms with Gasteiger partial charge in [0.2, 0.25) is 0 Å². The van der Waals surface area contributed by atoms with Gasteiger partial charge in [0.1, 0.15) is 18.2 Å². The largest absolute Gasteiger partial charge is 0.492 e. The molecule has 17 heavy (non-hydrogen) atoms. The molecule has 0 aromatic heterocycles. The number of halogens is 1. The topological polar surface area (TPSA) is 12.5 Å². The molecule has 1 aliphatic rings. The van der Waals surface area contributed by atoms with Crippen LogP contribution in [-0.2, 0) is 0 Å². The third-order valence-corrected chi connectivity index (χ3v) is 3.84. The van der Waals surface area contributed by atoms with Gasteiger partial charge in [-0.25, -0.2) is 4.39 Å². The fourth-order valence-corrected chi connectivity index (χ4v) is 2.20. The Kier molecular flexibility index (Phi) is 3.67. The first-order valence-corrected chi connectivity index (χ1v) is 6.20. The van der Waals surface area contributed by atoms with Crippen molar-refractivity contribution >= 4 is 0 Å². The second-order valence-electron chi connectivity index (χ2n) is 5.08. The zero-order chi connectivity index (χ0) is 12.3. The SMILES string of the molecule is CN(CCOc1cccc(F)c1)C1(C)CCC1. The Balaban J connectivity index is 1.76. The van der Waals surface area contributed by atoms with E-state index in [0.29, 0.717) is 17.9 Å². The van der Waals surface area contributed by atoms with E-state index in [1.54, 1.807) is 12.1 Å². The summed E-state index contributed by atoms with van der Waals surface area (Å²) in [7, 11) is 2.13. The summed E-state index contributed by atoms with van der Waals surface area (Å²) in [4.78, 5) is 2.34. The minimum atomic E-state index is -0.248. The minimum absolute atomic E-state index is 0.248. The van der Waals surface area contributed by atoms with Crippen LogP contribution in [0.5, 0.6) is 5.75 Å². The van der Waals surface area contributed by atoms with Crippen molar-refractivity contribution in [2.24, 2.45) is 0 Å². The number of ether oxygens (including phenoxy) is 1. The fraction of sp³-hybridized carbons (Fsp3) is 0.571. The monoisotopic (exact) mass is 237 g/mol. The zero-order valence-corrected chi connectivity index (χ0v) is 10.6. The van der Waals surface area contributed by atoms with Gasteiger partial charge in [-0.1, -0.05) is 6.07 Å². The lowest BCUT2D eigenvalue weighted by Gasteiger charge is -2.46. The molecule has 2 rings (SSSR count). The second-order valence-corrected chi connectivity index (χ2v) is 5.08. The molecular weight excluding hydrogens is 217 g/mol. The molecule has 0 N–H and O–H groups in total. The highest BCUT2D eigenvalue weighted by atomic mass is 19.1. The molecule has 1 aromatic rings. The summed E-state index contributed by atoms with van der Waals surface area (Å²) in [5.41, 5.74) is 0.352. The lowest BCUT2D eigenvalue weighted by molar-refractivity contribution is 0.0451. The normalized spacial score (nSPS) is 17.9. The summed E-state index contributed by atoms with van der Waals surface area (Å²) < 4.78 is 18.5. The number of rotatable bonds is 5. The van der Waals surface area contributed by atoms with Crippen LogP contribution in [0.15, 0.2) is 24.3 Å². The van der Waals surface area contributed by atoms with E-state index < -0.39 is 0 Å². The third-order valence-electron chi connectivity index (χ3n) is 3.84. The molecule has 94 valence electrons. The quantitative estimate of drug-likeness (QED) is 0.780. The van der Waals surface area contributed by atoms with Crippen LogP contribution in [-0.4, -0.2) is 30.6 Å². The number of hydrogen-bond donors (Lipinski definition) is 0. The lowest BCUT2D eigenvalue weighted by Crippen LogP contribution is -2.50. The average Bonchev–Trinajstić information content (AvgIpc) is 2.26. The van der Waals surface area contributed by atoms with Gasteiger partial charge >= 0.3 is 0 Å². The van der Waals surface area contributed by atoms with Crippen LogP contribution in [0.3, 0.4) is 0 Å². The maximum atomic E-state index is 12.9. The Hall–Kier alpha value is -1.09. The van der Waals surface area contributed by atoms with Crippen LogP contribution in [0.2, 0.25) is 0 Å². The van der Waals surface area contributed by atoms with E-state index >= 15 is 0 Å². The van der Waals surface area contributed by atoms with Gasteiger partial charge in [-0.2, -0.15) is 0 Å². The molecule has 1 aromatic carbocycles. The smallest absolute Gasteiger partial charge is 0.126 e. The summed E-state index contributed by atoms with van der Waals surface area (Å²) in [5.74, 6) is 0.360. The van der Waals surface area contributed by atoms with Crippen LogP contribution < -0.4 is 4.74 Å². The first kappa shape index (κ1) is 12.4. The number of hydrogen-bond acceptors (Lipinski definition) is 2. The van der Waals surface area contributed by atoms with Gasteiger partial charge < -0.3 is 4.74 Å². The molecule has 0 bridgehead atoms. The van der Waals surface area contributed by atoms with Crippen molar-refractivity contribution in [1.82, 2.24) is 4.90 Å². The summed E-state index contributed by atoms with van der Waals surface area (Å²) in [5, 5.41) is 0. The van der Waals surface area contributed by atoms with Crippen LogP contribution in [0.25, 0.3) is 0 Å². The molecule has 1 saturated carbocycles. The Morgan fingerprint density at radius 1 is 1.41 bits per heavy atom. The predicted octanol–water partition coefficient (Wildman–Crippen LogP) is 3.08. The highest BCUT2D eigenvalue weighted by Gasteiger charge is 2.35. The summed E-state index contributed by atoms with van der Waals surface area (Å²) in [6.07, 6.45) is 3.86. The van der Waals surface area contributed by atoms with E-state index in [9.17, 15) is 4.39 Å². The van der Waals surface area contributed by atoms with Crippen LogP contribution in [0.1, 0.15) is 26.2 Å². The van der Waals surface area contributed by atoms with Crippen LogP contribution in [0.4, 0.5) is 4.39 Å². The molecule has 2 nitrogen and oxygen atoms in total. The van der Waals surface area contributed by atoms with Crippen LogP contribution in [0, 0.1) is 5.82 Å². The number of nitrogens with zero attached hydrogens (tertiary/aromatic N) is 1. The molecule has 0 amide bonds. The van der Waals surface area contributed by atoms with Gasteiger partial charge in [-0.15, -0.1) is 0 Å². The van der Waals surface area contributed by atoms with E-state index in [-0.39, 0.29) is 5.82 Å². The maximum absolute atomic E-state index is 12.9. The Morgan fingerprint density at radius 2 is 2.18 bits per heavy atom. The first-order chi connectivity index (χ1) is 8.10. The molecule has 0 radical (unpaired) electrons. The van der Waals surface area contributed by atoms with Crippen molar-refractivity contribution in [2.75, 3.05) is 20.2 Å². The zero-order valence-electron chi connectivity index (χ0n) is 10.6. The summed E-state index contributed by atoms with van der Waals surface area (Å²) in [6.45, 7) is 3.78. The number of likely N-dealkylation sites (N-methyl/N-ethyl adjacent to an activating group) is 1. The Morgan fingerprint density at radius 3 is 2.76 bits per heavy atom. The second kappa shape index (κ2) is 5.05. The molecule has 0 spiro atoms.